The highest BCUT2D eigenvalue weighted by atomic mass is 35.5. The van der Waals surface area contributed by atoms with E-state index in [0.717, 1.165) is 25.0 Å². The first kappa shape index (κ1) is 18.6. The molecule has 0 aliphatic carbocycles. The van der Waals surface area contributed by atoms with Crippen molar-refractivity contribution < 1.29 is 14.3 Å². The van der Waals surface area contributed by atoms with E-state index in [0.29, 0.717) is 34.1 Å². The molecule has 1 aliphatic rings. The third-order valence-corrected chi connectivity index (χ3v) is 5.08. The summed E-state index contributed by atoms with van der Waals surface area (Å²) >= 11 is 13.5. The summed E-state index contributed by atoms with van der Waals surface area (Å²) in [5.41, 5.74) is 1.42. The molecule has 1 N–H and O–H groups in total. The predicted molar refractivity (Wildman–Crippen MR) is 101 cm³/mol. The summed E-state index contributed by atoms with van der Waals surface area (Å²) < 4.78 is 11.0. The maximum absolute atomic E-state index is 12.0. The van der Waals surface area contributed by atoms with Gasteiger partial charge in [-0.15, -0.1) is 11.3 Å². The van der Waals surface area contributed by atoms with Gasteiger partial charge in [-0.3, -0.25) is 4.79 Å². The molecule has 1 atom stereocenters. The van der Waals surface area contributed by atoms with Gasteiger partial charge in [-0.1, -0.05) is 23.2 Å². The number of amides is 1. The van der Waals surface area contributed by atoms with Gasteiger partial charge in [0.1, 0.15) is 0 Å². The number of benzene rings is 1. The van der Waals surface area contributed by atoms with Crippen LogP contribution in [-0.2, 0) is 14.3 Å². The predicted octanol–water partition coefficient (Wildman–Crippen LogP) is 4.64. The van der Waals surface area contributed by atoms with E-state index in [1.807, 2.05) is 5.38 Å². The third-order valence-electron chi connectivity index (χ3n) is 3.76. The molecule has 3 rings (SSSR count). The maximum atomic E-state index is 12.0. The first-order chi connectivity index (χ1) is 12.1. The zero-order valence-electron chi connectivity index (χ0n) is 13.5. The van der Waals surface area contributed by atoms with Crippen molar-refractivity contribution in [3.05, 3.63) is 33.6 Å². The second-order valence-electron chi connectivity index (χ2n) is 5.67. The van der Waals surface area contributed by atoms with E-state index in [1.165, 1.54) is 11.3 Å². The molecular formula is C17H18Cl2N2O3S. The maximum Gasteiger partial charge on any atom is 0.228 e. The minimum atomic E-state index is -0.134. The van der Waals surface area contributed by atoms with Gasteiger partial charge in [-0.05, 0) is 31.0 Å². The van der Waals surface area contributed by atoms with Gasteiger partial charge < -0.3 is 14.8 Å². The lowest BCUT2D eigenvalue weighted by Gasteiger charge is -2.09. The molecule has 5 nitrogen and oxygen atoms in total. The van der Waals surface area contributed by atoms with E-state index in [-0.39, 0.29) is 18.4 Å². The first-order valence-corrected chi connectivity index (χ1v) is 9.65. The number of anilines is 1. The van der Waals surface area contributed by atoms with Gasteiger partial charge in [-0.25, -0.2) is 4.98 Å². The smallest absolute Gasteiger partial charge is 0.228 e. The summed E-state index contributed by atoms with van der Waals surface area (Å²) in [6.07, 6.45) is 2.56. The SMILES string of the molecule is O=C(CCOCC1CCCO1)Nc1nc(-c2cc(Cl)ccc2Cl)cs1. The highest BCUT2D eigenvalue weighted by Crippen LogP contribution is 2.32. The van der Waals surface area contributed by atoms with E-state index in [4.69, 9.17) is 32.7 Å². The fraction of sp³-hybridized carbons (Fsp3) is 0.412. The highest BCUT2D eigenvalue weighted by molar-refractivity contribution is 7.14. The van der Waals surface area contributed by atoms with Crippen LogP contribution in [0.25, 0.3) is 11.3 Å². The van der Waals surface area contributed by atoms with Gasteiger partial charge in [0, 0.05) is 22.6 Å². The van der Waals surface area contributed by atoms with Crippen molar-refractivity contribution in [3.63, 3.8) is 0 Å². The van der Waals surface area contributed by atoms with Crippen molar-refractivity contribution in [2.24, 2.45) is 0 Å². The standard InChI is InChI=1S/C17H18Cl2N2O3S/c18-11-3-4-14(19)13(8-11)15-10-25-17(20-15)21-16(22)5-7-23-9-12-2-1-6-24-12/h3-4,8,10,12H,1-2,5-7,9H2,(H,20,21,22). The van der Waals surface area contributed by atoms with Crippen LogP contribution in [0.15, 0.2) is 23.6 Å². The van der Waals surface area contributed by atoms with E-state index in [1.54, 1.807) is 18.2 Å². The molecule has 8 heteroatoms. The largest absolute Gasteiger partial charge is 0.378 e. The lowest BCUT2D eigenvalue weighted by molar-refractivity contribution is -0.117. The molecule has 0 saturated carbocycles. The molecule has 1 fully saturated rings. The molecular weight excluding hydrogens is 383 g/mol. The lowest BCUT2D eigenvalue weighted by atomic mass is 10.2. The van der Waals surface area contributed by atoms with Crippen molar-refractivity contribution in [1.29, 1.82) is 0 Å². The van der Waals surface area contributed by atoms with Crippen LogP contribution >= 0.6 is 34.5 Å². The molecule has 1 unspecified atom stereocenters. The molecule has 1 amide bonds. The Balaban J connectivity index is 1.47. The molecule has 0 spiro atoms. The Morgan fingerprint density at radius 1 is 1.44 bits per heavy atom. The fourth-order valence-electron chi connectivity index (χ4n) is 2.49. The van der Waals surface area contributed by atoms with Crippen LogP contribution in [0.3, 0.4) is 0 Å². The summed E-state index contributed by atoms with van der Waals surface area (Å²) in [6, 6.07) is 5.20. The minimum absolute atomic E-state index is 0.134. The van der Waals surface area contributed by atoms with Gasteiger partial charge >= 0.3 is 0 Å². The van der Waals surface area contributed by atoms with Crippen LogP contribution in [0.1, 0.15) is 19.3 Å². The van der Waals surface area contributed by atoms with Gasteiger partial charge in [-0.2, -0.15) is 0 Å². The number of hydrogen-bond donors (Lipinski definition) is 1. The summed E-state index contributed by atoms with van der Waals surface area (Å²) in [5, 5.41) is 6.28. The van der Waals surface area contributed by atoms with Gasteiger partial charge in [0.25, 0.3) is 0 Å². The van der Waals surface area contributed by atoms with Gasteiger partial charge in [0.05, 0.1) is 36.5 Å². The number of ether oxygens (including phenoxy) is 2. The number of aromatic nitrogens is 1. The molecule has 2 heterocycles. The number of carbonyl (C=O) groups is 1. The second kappa shape index (κ2) is 8.96. The van der Waals surface area contributed by atoms with E-state index in [9.17, 15) is 4.79 Å². The number of nitrogens with zero attached hydrogens (tertiary/aromatic N) is 1. The zero-order valence-corrected chi connectivity index (χ0v) is 15.8. The average Bonchev–Trinajstić information content (AvgIpc) is 3.26. The summed E-state index contributed by atoms with van der Waals surface area (Å²) in [4.78, 5) is 16.4. The fourth-order valence-corrected chi connectivity index (χ4v) is 3.60. The van der Waals surface area contributed by atoms with Crippen LogP contribution in [0.4, 0.5) is 5.13 Å². The van der Waals surface area contributed by atoms with Gasteiger partial charge in [0.15, 0.2) is 5.13 Å². The Labute approximate surface area is 160 Å². The molecule has 134 valence electrons. The number of halogens is 2. The highest BCUT2D eigenvalue weighted by Gasteiger charge is 2.16. The Kier molecular flexibility index (Phi) is 6.67. The van der Waals surface area contributed by atoms with Crippen LogP contribution in [0, 0.1) is 0 Å². The van der Waals surface area contributed by atoms with E-state index >= 15 is 0 Å². The van der Waals surface area contributed by atoms with Crippen molar-refractivity contribution in [2.45, 2.75) is 25.4 Å². The van der Waals surface area contributed by atoms with Crippen LogP contribution in [-0.4, -0.2) is 36.8 Å². The molecule has 1 aromatic heterocycles. The summed E-state index contributed by atoms with van der Waals surface area (Å²) in [5.74, 6) is -0.134. The molecule has 0 bridgehead atoms. The van der Waals surface area contributed by atoms with Crippen LogP contribution in [0.2, 0.25) is 10.0 Å². The molecule has 25 heavy (non-hydrogen) atoms. The quantitative estimate of drug-likeness (QED) is 0.687. The van der Waals surface area contributed by atoms with Crippen molar-refractivity contribution >= 4 is 45.6 Å². The topological polar surface area (TPSA) is 60.5 Å². The van der Waals surface area contributed by atoms with E-state index in [2.05, 4.69) is 10.3 Å². The zero-order chi connectivity index (χ0) is 17.6. The summed E-state index contributed by atoms with van der Waals surface area (Å²) in [6.45, 7) is 1.71. The monoisotopic (exact) mass is 400 g/mol. The average molecular weight is 401 g/mol. The molecule has 0 radical (unpaired) electrons. The third kappa shape index (κ3) is 5.39. The van der Waals surface area contributed by atoms with Crippen LogP contribution in [0.5, 0.6) is 0 Å². The first-order valence-electron chi connectivity index (χ1n) is 8.02. The number of hydrogen-bond acceptors (Lipinski definition) is 5. The Morgan fingerprint density at radius 2 is 2.32 bits per heavy atom. The van der Waals surface area contributed by atoms with E-state index < -0.39 is 0 Å². The van der Waals surface area contributed by atoms with Crippen LogP contribution < -0.4 is 5.32 Å². The molecule has 1 saturated heterocycles. The minimum Gasteiger partial charge on any atom is -0.378 e. The molecule has 1 aromatic carbocycles. The normalized spacial score (nSPS) is 17.0. The number of carbonyl (C=O) groups excluding carboxylic acids is 1. The summed E-state index contributed by atoms with van der Waals surface area (Å²) in [7, 11) is 0. The Hall–Kier alpha value is -1.18. The lowest BCUT2D eigenvalue weighted by Crippen LogP contribution is -2.18. The number of thiazole rings is 1. The van der Waals surface area contributed by atoms with Crippen molar-refractivity contribution in [2.75, 3.05) is 25.1 Å². The second-order valence-corrected chi connectivity index (χ2v) is 7.37. The van der Waals surface area contributed by atoms with Crippen molar-refractivity contribution in [1.82, 2.24) is 4.98 Å². The number of rotatable bonds is 7. The van der Waals surface area contributed by atoms with Gasteiger partial charge in [0.2, 0.25) is 5.91 Å². The number of nitrogens with one attached hydrogen (secondary N) is 1. The Bertz CT molecular complexity index is 732. The Morgan fingerprint density at radius 3 is 3.12 bits per heavy atom. The molecule has 2 aromatic rings. The van der Waals surface area contributed by atoms with Crippen molar-refractivity contribution in [3.8, 4) is 11.3 Å². The molecule has 1 aliphatic heterocycles.